The van der Waals surface area contributed by atoms with Gasteiger partial charge in [0.25, 0.3) is 0 Å². The van der Waals surface area contributed by atoms with Gasteiger partial charge in [0, 0.05) is 22.3 Å². The van der Waals surface area contributed by atoms with Crippen LogP contribution in [0.2, 0.25) is 0 Å². The third-order valence-corrected chi connectivity index (χ3v) is 4.77. The van der Waals surface area contributed by atoms with Gasteiger partial charge in [-0.1, -0.05) is 43.2 Å². The van der Waals surface area contributed by atoms with Gasteiger partial charge < -0.3 is 5.32 Å². The monoisotopic (exact) mass is 257 g/mol. The first-order valence-corrected chi connectivity index (χ1v) is 7.61. The van der Waals surface area contributed by atoms with E-state index in [9.17, 15) is 0 Å². The molecular formula is C16H19NS. The number of hydrogen-bond acceptors (Lipinski definition) is 2. The van der Waals surface area contributed by atoms with Crippen molar-refractivity contribution in [1.82, 2.24) is 5.32 Å². The molecule has 1 saturated carbocycles. The first kappa shape index (κ1) is 11.9. The zero-order chi connectivity index (χ0) is 12.2. The van der Waals surface area contributed by atoms with Crippen LogP contribution in [0, 0.1) is 0 Å². The summed E-state index contributed by atoms with van der Waals surface area (Å²) in [6.07, 6.45) is 5.52. The van der Waals surface area contributed by atoms with E-state index in [4.69, 9.17) is 0 Å². The molecule has 1 nitrogen and oxygen atoms in total. The van der Waals surface area contributed by atoms with Gasteiger partial charge in [-0.2, -0.15) is 0 Å². The molecule has 0 spiro atoms. The van der Waals surface area contributed by atoms with Crippen molar-refractivity contribution < 1.29 is 0 Å². The molecule has 0 saturated heterocycles. The molecule has 1 aliphatic rings. The van der Waals surface area contributed by atoms with Gasteiger partial charge in [-0.15, -0.1) is 11.3 Å². The first-order chi connectivity index (χ1) is 8.92. The van der Waals surface area contributed by atoms with E-state index in [0.29, 0.717) is 0 Å². The highest BCUT2D eigenvalue weighted by atomic mass is 32.1. The zero-order valence-electron chi connectivity index (χ0n) is 10.6. The van der Waals surface area contributed by atoms with E-state index in [-0.39, 0.29) is 0 Å². The summed E-state index contributed by atoms with van der Waals surface area (Å²) in [6.45, 7) is 1.03. The van der Waals surface area contributed by atoms with Crippen molar-refractivity contribution in [2.45, 2.75) is 38.3 Å². The van der Waals surface area contributed by atoms with E-state index in [0.717, 1.165) is 12.6 Å². The topological polar surface area (TPSA) is 12.0 Å². The summed E-state index contributed by atoms with van der Waals surface area (Å²) < 4.78 is 0. The van der Waals surface area contributed by atoms with Gasteiger partial charge >= 0.3 is 0 Å². The summed E-state index contributed by atoms with van der Waals surface area (Å²) in [5, 5.41) is 3.67. The fourth-order valence-electron chi connectivity index (χ4n) is 2.61. The molecule has 2 heteroatoms. The lowest BCUT2D eigenvalue weighted by Gasteiger charge is -2.09. The lowest BCUT2D eigenvalue weighted by Crippen LogP contribution is -2.24. The van der Waals surface area contributed by atoms with Gasteiger partial charge in [-0.05, 0) is 30.5 Å². The molecule has 0 unspecified atom stereocenters. The zero-order valence-corrected chi connectivity index (χ0v) is 11.4. The molecule has 0 amide bonds. The summed E-state index contributed by atoms with van der Waals surface area (Å²) in [7, 11) is 0. The Labute approximate surface area is 113 Å². The van der Waals surface area contributed by atoms with Crippen LogP contribution in [-0.2, 0) is 6.54 Å². The predicted molar refractivity (Wildman–Crippen MR) is 78.9 cm³/mol. The fourth-order valence-corrected chi connectivity index (χ4v) is 3.57. The second-order valence-corrected chi connectivity index (χ2v) is 6.16. The minimum Gasteiger partial charge on any atom is -0.309 e. The van der Waals surface area contributed by atoms with Gasteiger partial charge in [0.15, 0.2) is 0 Å². The highest BCUT2D eigenvalue weighted by Crippen LogP contribution is 2.28. The Morgan fingerprint density at radius 2 is 1.78 bits per heavy atom. The summed E-state index contributed by atoms with van der Waals surface area (Å²) in [4.78, 5) is 2.82. The molecule has 18 heavy (non-hydrogen) atoms. The van der Waals surface area contributed by atoms with Gasteiger partial charge in [0.2, 0.25) is 0 Å². The van der Waals surface area contributed by atoms with Crippen LogP contribution in [0.15, 0.2) is 42.5 Å². The lowest BCUT2D eigenvalue weighted by molar-refractivity contribution is 0.527. The van der Waals surface area contributed by atoms with E-state index in [2.05, 4.69) is 47.8 Å². The van der Waals surface area contributed by atoms with Crippen molar-refractivity contribution in [1.29, 1.82) is 0 Å². The van der Waals surface area contributed by atoms with Crippen molar-refractivity contribution in [3.8, 4) is 10.4 Å². The molecule has 1 aliphatic carbocycles. The Morgan fingerprint density at radius 3 is 2.56 bits per heavy atom. The minimum atomic E-state index is 0.757. The van der Waals surface area contributed by atoms with Crippen molar-refractivity contribution in [2.24, 2.45) is 0 Å². The van der Waals surface area contributed by atoms with Crippen LogP contribution in [0.5, 0.6) is 0 Å². The average Bonchev–Trinajstić information content (AvgIpc) is 3.09. The number of hydrogen-bond donors (Lipinski definition) is 1. The quantitative estimate of drug-likeness (QED) is 0.853. The van der Waals surface area contributed by atoms with Crippen LogP contribution >= 0.6 is 11.3 Å². The summed E-state index contributed by atoms with van der Waals surface area (Å²) >= 11 is 1.91. The highest BCUT2D eigenvalue weighted by molar-refractivity contribution is 7.15. The van der Waals surface area contributed by atoms with Gasteiger partial charge in [-0.3, -0.25) is 0 Å². The van der Waals surface area contributed by atoms with Crippen molar-refractivity contribution in [3.05, 3.63) is 47.3 Å². The minimum absolute atomic E-state index is 0.757. The number of thiophene rings is 1. The first-order valence-electron chi connectivity index (χ1n) is 6.79. The van der Waals surface area contributed by atoms with Crippen LogP contribution in [-0.4, -0.2) is 6.04 Å². The maximum absolute atomic E-state index is 3.67. The molecule has 1 fully saturated rings. The average molecular weight is 257 g/mol. The third-order valence-electron chi connectivity index (χ3n) is 3.64. The molecule has 1 heterocycles. The maximum Gasteiger partial charge on any atom is 0.0346 e. The largest absolute Gasteiger partial charge is 0.309 e. The molecule has 1 aromatic carbocycles. The molecular weight excluding hydrogens is 238 g/mol. The Hall–Kier alpha value is -1.12. The summed E-state index contributed by atoms with van der Waals surface area (Å²) in [5.41, 5.74) is 1.33. The molecule has 1 aromatic heterocycles. The standard InChI is InChI=1S/C16H19NS/c1-2-6-13(7-3-1)16-11-10-15(18-16)12-17-14-8-4-5-9-14/h1-3,6-7,10-11,14,17H,4-5,8-9,12H2. The van der Waals surface area contributed by atoms with Gasteiger partial charge in [-0.25, -0.2) is 0 Å². The third kappa shape index (κ3) is 2.82. The van der Waals surface area contributed by atoms with Gasteiger partial charge in [0.05, 0.1) is 0 Å². The molecule has 0 atom stereocenters. The van der Waals surface area contributed by atoms with Crippen molar-refractivity contribution in [2.75, 3.05) is 0 Å². The normalized spacial score (nSPS) is 16.2. The Morgan fingerprint density at radius 1 is 1.00 bits per heavy atom. The molecule has 0 radical (unpaired) electrons. The maximum atomic E-state index is 3.67. The molecule has 3 rings (SSSR count). The van der Waals surface area contributed by atoms with E-state index in [1.807, 2.05) is 11.3 Å². The van der Waals surface area contributed by atoms with E-state index >= 15 is 0 Å². The van der Waals surface area contributed by atoms with Crippen molar-refractivity contribution in [3.63, 3.8) is 0 Å². The van der Waals surface area contributed by atoms with Gasteiger partial charge in [0.1, 0.15) is 0 Å². The lowest BCUT2D eigenvalue weighted by atomic mass is 10.2. The van der Waals surface area contributed by atoms with Crippen LogP contribution in [0.3, 0.4) is 0 Å². The van der Waals surface area contributed by atoms with Crippen molar-refractivity contribution >= 4 is 11.3 Å². The Kier molecular flexibility index (Phi) is 3.77. The Balaban J connectivity index is 1.63. The van der Waals surface area contributed by atoms with E-state index < -0.39 is 0 Å². The fraction of sp³-hybridized carbons (Fsp3) is 0.375. The molecule has 2 aromatic rings. The Bertz CT molecular complexity index is 483. The summed E-state index contributed by atoms with van der Waals surface area (Å²) in [6, 6.07) is 15.9. The van der Waals surface area contributed by atoms with E-state index in [1.165, 1.54) is 41.0 Å². The SMILES string of the molecule is c1ccc(-c2ccc(CNC3CCCC3)s2)cc1. The van der Waals surface area contributed by atoms with Crippen LogP contribution in [0.25, 0.3) is 10.4 Å². The van der Waals surface area contributed by atoms with Crippen LogP contribution < -0.4 is 5.32 Å². The smallest absolute Gasteiger partial charge is 0.0346 e. The molecule has 0 bridgehead atoms. The molecule has 0 aliphatic heterocycles. The second-order valence-electron chi connectivity index (χ2n) is 4.99. The number of rotatable bonds is 4. The molecule has 1 N–H and O–H groups in total. The van der Waals surface area contributed by atoms with Crippen LogP contribution in [0.4, 0.5) is 0 Å². The van der Waals surface area contributed by atoms with E-state index in [1.54, 1.807) is 0 Å². The predicted octanol–water partition coefficient (Wildman–Crippen LogP) is 4.45. The molecule has 94 valence electrons. The van der Waals surface area contributed by atoms with Crippen LogP contribution in [0.1, 0.15) is 30.6 Å². The number of benzene rings is 1. The number of nitrogens with one attached hydrogen (secondary N) is 1. The second kappa shape index (κ2) is 5.68. The highest BCUT2D eigenvalue weighted by Gasteiger charge is 2.14. The summed E-state index contributed by atoms with van der Waals surface area (Å²) in [5.74, 6) is 0.